The van der Waals surface area contributed by atoms with Crippen molar-refractivity contribution in [3.05, 3.63) is 89.6 Å². The first kappa shape index (κ1) is 21.9. The number of oxazole rings is 1. The lowest BCUT2D eigenvalue weighted by Gasteiger charge is -2.32. The number of amides is 1. The van der Waals surface area contributed by atoms with Gasteiger partial charge < -0.3 is 18.6 Å². The molecule has 1 aliphatic heterocycles. The summed E-state index contributed by atoms with van der Waals surface area (Å²) in [5.74, 6) is 1.56. The monoisotopic (exact) mass is 461 g/mol. The molecular weight excluding hydrogens is 437 g/mol. The SMILES string of the molecule is COc1cccc(Cc2cnc([C@@H]3CCCCN3C(=O)c3cc(-c4ccc(F)cc4)no3)o2)c1. The number of likely N-dealkylation sites (tertiary alicyclic amines) is 1. The summed E-state index contributed by atoms with van der Waals surface area (Å²) in [5, 5.41) is 4.00. The van der Waals surface area contributed by atoms with Gasteiger partial charge in [-0.2, -0.15) is 0 Å². The summed E-state index contributed by atoms with van der Waals surface area (Å²) in [6.45, 7) is 0.573. The molecule has 1 atom stereocenters. The highest BCUT2D eigenvalue weighted by Gasteiger charge is 2.33. The highest BCUT2D eigenvalue weighted by Crippen LogP contribution is 2.33. The van der Waals surface area contributed by atoms with E-state index in [1.165, 1.54) is 12.1 Å². The number of benzene rings is 2. The van der Waals surface area contributed by atoms with Crippen LogP contribution in [-0.2, 0) is 6.42 Å². The van der Waals surface area contributed by atoms with Crippen molar-refractivity contribution >= 4 is 5.91 Å². The quantitative estimate of drug-likeness (QED) is 0.381. The lowest BCUT2D eigenvalue weighted by Crippen LogP contribution is -2.38. The van der Waals surface area contributed by atoms with Gasteiger partial charge in [0.2, 0.25) is 11.7 Å². The average molecular weight is 461 g/mol. The second kappa shape index (κ2) is 9.51. The number of hydrogen-bond acceptors (Lipinski definition) is 6. The Labute approximate surface area is 196 Å². The fourth-order valence-electron chi connectivity index (χ4n) is 4.25. The Morgan fingerprint density at radius 2 is 2.03 bits per heavy atom. The van der Waals surface area contributed by atoms with Gasteiger partial charge in [0, 0.05) is 24.6 Å². The second-order valence-corrected chi connectivity index (χ2v) is 8.29. The van der Waals surface area contributed by atoms with Crippen LogP contribution in [0.15, 0.2) is 69.7 Å². The molecule has 8 heteroatoms. The standard InChI is InChI=1S/C26H24FN3O4/c1-32-20-6-4-5-17(13-20)14-21-16-28-25(33-21)23-7-2-3-12-30(23)26(31)24-15-22(29-34-24)18-8-10-19(27)11-9-18/h4-6,8-11,13,15-16,23H,2-3,7,12,14H2,1H3/t23-/m0/s1. The third-order valence-corrected chi connectivity index (χ3v) is 5.99. The predicted molar refractivity (Wildman–Crippen MR) is 122 cm³/mol. The number of halogens is 1. The molecule has 0 saturated carbocycles. The van der Waals surface area contributed by atoms with Crippen LogP contribution in [0.1, 0.15) is 53.1 Å². The number of hydrogen-bond donors (Lipinski definition) is 0. The minimum Gasteiger partial charge on any atom is -0.497 e. The van der Waals surface area contributed by atoms with Crippen LogP contribution in [0.5, 0.6) is 5.75 Å². The molecule has 0 aliphatic carbocycles. The van der Waals surface area contributed by atoms with E-state index in [1.807, 2.05) is 24.3 Å². The van der Waals surface area contributed by atoms with Crippen LogP contribution in [0.25, 0.3) is 11.3 Å². The number of methoxy groups -OCH3 is 1. The van der Waals surface area contributed by atoms with E-state index in [4.69, 9.17) is 13.7 Å². The zero-order chi connectivity index (χ0) is 23.5. The van der Waals surface area contributed by atoms with Crippen molar-refractivity contribution in [2.24, 2.45) is 0 Å². The van der Waals surface area contributed by atoms with E-state index in [-0.39, 0.29) is 23.5 Å². The maximum Gasteiger partial charge on any atom is 0.293 e. The summed E-state index contributed by atoms with van der Waals surface area (Å²) in [6, 6.07) is 15.0. The van der Waals surface area contributed by atoms with Crippen LogP contribution in [-0.4, -0.2) is 34.6 Å². The Kier molecular flexibility index (Phi) is 6.12. The van der Waals surface area contributed by atoms with Gasteiger partial charge in [0.15, 0.2) is 0 Å². The van der Waals surface area contributed by atoms with Gasteiger partial charge in [-0.25, -0.2) is 9.37 Å². The van der Waals surface area contributed by atoms with E-state index in [2.05, 4.69) is 10.1 Å². The van der Waals surface area contributed by atoms with Gasteiger partial charge in [0.05, 0.1) is 13.3 Å². The van der Waals surface area contributed by atoms with Crippen molar-refractivity contribution < 1.29 is 22.9 Å². The number of piperidine rings is 1. The topological polar surface area (TPSA) is 81.6 Å². The number of carbonyl (C=O) groups is 1. The molecule has 5 rings (SSSR count). The van der Waals surface area contributed by atoms with Crippen molar-refractivity contribution in [2.45, 2.75) is 31.7 Å². The average Bonchev–Trinajstić information content (AvgIpc) is 3.54. The molecule has 34 heavy (non-hydrogen) atoms. The van der Waals surface area contributed by atoms with Crippen LogP contribution in [0.4, 0.5) is 4.39 Å². The van der Waals surface area contributed by atoms with Crippen LogP contribution in [0.2, 0.25) is 0 Å². The van der Waals surface area contributed by atoms with Gasteiger partial charge in [-0.1, -0.05) is 17.3 Å². The molecule has 174 valence electrons. The first-order valence-electron chi connectivity index (χ1n) is 11.2. The van der Waals surface area contributed by atoms with Crippen LogP contribution >= 0.6 is 0 Å². The molecular formula is C26H24FN3O4. The van der Waals surface area contributed by atoms with Crippen molar-refractivity contribution in [2.75, 3.05) is 13.7 Å². The summed E-state index contributed by atoms with van der Waals surface area (Å²) in [4.78, 5) is 19.5. The van der Waals surface area contributed by atoms with Crippen LogP contribution in [0.3, 0.4) is 0 Å². The van der Waals surface area contributed by atoms with Crippen LogP contribution < -0.4 is 4.74 Å². The lowest BCUT2D eigenvalue weighted by atomic mass is 10.0. The third kappa shape index (κ3) is 4.57. The summed E-state index contributed by atoms with van der Waals surface area (Å²) >= 11 is 0. The van der Waals surface area contributed by atoms with Crippen molar-refractivity contribution in [3.8, 4) is 17.0 Å². The van der Waals surface area contributed by atoms with Crippen molar-refractivity contribution in [3.63, 3.8) is 0 Å². The maximum atomic E-state index is 13.3. The number of nitrogens with zero attached hydrogens (tertiary/aromatic N) is 3. The van der Waals surface area contributed by atoms with Gasteiger partial charge in [-0.15, -0.1) is 0 Å². The van der Waals surface area contributed by atoms with E-state index < -0.39 is 0 Å². The Hall–Kier alpha value is -3.94. The molecule has 4 aromatic rings. The van der Waals surface area contributed by atoms with E-state index in [0.29, 0.717) is 30.1 Å². The Morgan fingerprint density at radius 1 is 1.18 bits per heavy atom. The minimum absolute atomic E-state index is 0.134. The fraction of sp³-hybridized carbons (Fsp3) is 0.269. The fourth-order valence-corrected chi connectivity index (χ4v) is 4.25. The highest BCUT2D eigenvalue weighted by atomic mass is 19.1. The van der Waals surface area contributed by atoms with E-state index in [0.717, 1.165) is 36.3 Å². The Balaban J connectivity index is 1.33. The second-order valence-electron chi connectivity index (χ2n) is 8.29. The zero-order valence-electron chi connectivity index (χ0n) is 18.7. The molecule has 0 unspecified atom stereocenters. The molecule has 0 spiro atoms. The largest absolute Gasteiger partial charge is 0.497 e. The Morgan fingerprint density at radius 3 is 2.85 bits per heavy atom. The number of rotatable bonds is 6. The van der Waals surface area contributed by atoms with Gasteiger partial charge >= 0.3 is 0 Å². The van der Waals surface area contributed by atoms with E-state index in [1.54, 1.807) is 36.4 Å². The van der Waals surface area contributed by atoms with E-state index in [9.17, 15) is 9.18 Å². The molecule has 1 aliphatic rings. The summed E-state index contributed by atoms with van der Waals surface area (Å²) in [7, 11) is 1.64. The normalized spacial score (nSPS) is 15.9. The lowest BCUT2D eigenvalue weighted by molar-refractivity contribution is 0.0528. The predicted octanol–water partition coefficient (Wildman–Crippen LogP) is 5.44. The van der Waals surface area contributed by atoms with E-state index >= 15 is 0 Å². The molecule has 1 amide bonds. The Bertz CT molecular complexity index is 1280. The molecule has 0 radical (unpaired) electrons. The molecule has 0 bridgehead atoms. The number of aromatic nitrogens is 2. The first-order valence-corrected chi connectivity index (χ1v) is 11.2. The smallest absolute Gasteiger partial charge is 0.293 e. The first-order chi connectivity index (χ1) is 16.6. The zero-order valence-corrected chi connectivity index (χ0v) is 18.7. The van der Waals surface area contributed by atoms with Crippen molar-refractivity contribution in [1.29, 1.82) is 0 Å². The van der Waals surface area contributed by atoms with Gasteiger partial charge in [0.25, 0.3) is 5.91 Å². The molecule has 3 heterocycles. The highest BCUT2D eigenvalue weighted by molar-refractivity contribution is 5.92. The molecule has 0 N–H and O–H groups in total. The summed E-state index contributed by atoms with van der Waals surface area (Å²) in [6.07, 6.45) is 4.91. The minimum atomic E-state index is -0.337. The molecule has 7 nitrogen and oxygen atoms in total. The van der Waals surface area contributed by atoms with Crippen LogP contribution in [0, 0.1) is 5.82 Å². The maximum absolute atomic E-state index is 13.3. The number of ether oxygens (including phenoxy) is 1. The third-order valence-electron chi connectivity index (χ3n) is 5.99. The molecule has 2 aromatic heterocycles. The van der Waals surface area contributed by atoms with Gasteiger partial charge in [0.1, 0.15) is 29.1 Å². The summed E-state index contributed by atoms with van der Waals surface area (Å²) in [5.41, 5.74) is 2.21. The molecule has 1 saturated heterocycles. The van der Waals surface area contributed by atoms with Crippen molar-refractivity contribution in [1.82, 2.24) is 15.0 Å². The molecule has 1 fully saturated rings. The number of carbonyl (C=O) groups excluding carboxylic acids is 1. The van der Waals surface area contributed by atoms with Gasteiger partial charge in [-0.05, 0) is 61.2 Å². The summed E-state index contributed by atoms with van der Waals surface area (Å²) < 4.78 is 29.9. The molecule has 2 aromatic carbocycles. The van der Waals surface area contributed by atoms with Gasteiger partial charge in [-0.3, -0.25) is 4.79 Å².